The van der Waals surface area contributed by atoms with Crippen LogP contribution in [0.25, 0.3) is 0 Å². The summed E-state index contributed by atoms with van der Waals surface area (Å²) in [5, 5.41) is 0.769. The number of sulfone groups is 1. The molecule has 0 N–H and O–H groups in total. The van der Waals surface area contributed by atoms with E-state index in [2.05, 4.69) is 6.07 Å². The number of hydrogen-bond donors (Lipinski definition) is 0. The molecule has 2 aliphatic heterocycles. The van der Waals surface area contributed by atoms with E-state index in [1.54, 1.807) is 13.8 Å². The molecule has 2 saturated heterocycles. The zero-order valence-corrected chi connectivity index (χ0v) is 27.2. The number of carbonyl (C=O) groups excluding carboxylic acids is 1. The summed E-state index contributed by atoms with van der Waals surface area (Å²) in [4.78, 5) is 16.8. The van der Waals surface area contributed by atoms with Gasteiger partial charge in [-0.25, -0.2) is 8.42 Å². The average Bonchev–Trinajstić information content (AvgIpc) is 3.24. The molecule has 2 aromatic rings. The molecule has 0 saturated carbocycles. The number of likely N-dealkylation sites (tertiary alicyclic amines) is 1. The van der Waals surface area contributed by atoms with Crippen LogP contribution < -0.4 is 0 Å². The van der Waals surface area contributed by atoms with E-state index in [0.717, 1.165) is 11.1 Å². The van der Waals surface area contributed by atoms with Crippen molar-refractivity contribution in [2.24, 2.45) is 5.41 Å². The van der Waals surface area contributed by atoms with Crippen LogP contribution in [0.5, 0.6) is 0 Å². The minimum absolute atomic E-state index is 0.0119. The molecule has 0 spiro atoms. The second kappa shape index (κ2) is 12.5. The Hall–Kier alpha value is -1.64. The third-order valence-corrected chi connectivity index (χ3v) is 11.4. The highest BCUT2D eigenvalue weighted by molar-refractivity contribution is 7.91. The Kier molecular flexibility index (Phi) is 9.87. The molecule has 41 heavy (non-hydrogen) atoms. The Morgan fingerprint density at radius 2 is 1.71 bits per heavy atom. The van der Waals surface area contributed by atoms with E-state index in [1.807, 2.05) is 75.1 Å². The lowest BCUT2D eigenvalue weighted by molar-refractivity contribution is -0.163. The third-order valence-electron chi connectivity index (χ3n) is 8.65. The van der Waals surface area contributed by atoms with Crippen molar-refractivity contribution in [2.75, 3.05) is 12.4 Å². The molecule has 2 heterocycles. The van der Waals surface area contributed by atoms with Crippen molar-refractivity contribution in [1.82, 2.24) is 4.90 Å². The van der Waals surface area contributed by atoms with Gasteiger partial charge in [-0.3, -0.25) is 4.79 Å². The van der Waals surface area contributed by atoms with Crippen molar-refractivity contribution in [3.8, 4) is 0 Å². The molecule has 0 aromatic heterocycles. The lowest BCUT2D eigenvalue weighted by atomic mass is 9.66. The van der Waals surface area contributed by atoms with Crippen molar-refractivity contribution in [1.29, 1.82) is 0 Å². The van der Waals surface area contributed by atoms with Crippen molar-refractivity contribution in [2.45, 2.75) is 102 Å². The number of piperidine rings is 1. The second-order valence-corrected chi connectivity index (χ2v) is 16.1. The Morgan fingerprint density at radius 3 is 2.27 bits per heavy atom. The van der Waals surface area contributed by atoms with Gasteiger partial charge in [0, 0.05) is 27.4 Å². The van der Waals surface area contributed by atoms with E-state index < -0.39 is 26.3 Å². The summed E-state index contributed by atoms with van der Waals surface area (Å²) in [6.45, 7) is 11.6. The maximum atomic E-state index is 14.8. The minimum Gasteiger partial charge on any atom is -0.348 e. The number of nitrogens with zero attached hydrogens (tertiary/aromatic N) is 1. The van der Waals surface area contributed by atoms with Gasteiger partial charge in [-0.2, -0.15) is 0 Å². The smallest absolute Gasteiger partial charge is 0.229 e. The van der Waals surface area contributed by atoms with Gasteiger partial charge in [-0.05, 0) is 88.8 Å². The normalized spacial score (nSPS) is 27.4. The maximum Gasteiger partial charge on any atom is 0.229 e. The van der Waals surface area contributed by atoms with Gasteiger partial charge in [0.1, 0.15) is 0 Å². The van der Waals surface area contributed by atoms with E-state index >= 15 is 0 Å². The molecule has 2 aromatic carbocycles. The third kappa shape index (κ3) is 7.30. The van der Waals surface area contributed by atoms with Crippen molar-refractivity contribution in [3.63, 3.8) is 0 Å². The van der Waals surface area contributed by atoms with Gasteiger partial charge >= 0.3 is 0 Å². The quantitative estimate of drug-likeness (QED) is 0.272. The van der Waals surface area contributed by atoms with E-state index in [0.29, 0.717) is 42.3 Å². The Labute approximate surface area is 255 Å². The van der Waals surface area contributed by atoms with Crippen LogP contribution in [-0.2, 0) is 24.1 Å². The van der Waals surface area contributed by atoms with Crippen LogP contribution >= 0.6 is 23.2 Å². The molecule has 226 valence electrons. The molecule has 1 amide bonds. The fourth-order valence-corrected chi connectivity index (χ4v) is 7.81. The number of rotatable bonds is 10. The van der Waals surface area contributed by atoms with Crippen LogP contribution in [-0.4, -0.2) is 54.8 Å². The lowest BCUT2D eigenvalue weighted by Gasteiger charge is -2.52. The molecule has 4 rings (SSSR count). The molecular weight excluding hydrogens is 581 g/mol. The largest absolute Gasteiger partial charge is 0.348 e. The van der Waals surface area contributed by atoms with Gasteiger partial charge in [-0.15, -0.1) is 0 Å². The number of halogens is 2. The van der Waals surface area contributed by atoms with Gasteiger partial charge in [0.05, 0.1) is 29.8 Å². The second-order valence-electron chi connectivity index (χ2n) is 12.6. The van der Waals surface area contributed by atoms with Crippen LogP contribution in [0.3, 0.4) is 0 Å². The lowest BCUT2D eigenvalue weighted by Crippen LogP contribution is -2.56. The summed E-state index contributed by atoms with van der Waals surface area (Å²) >= 11 is 12.8. The maximum absolute atomic E-state index is 14.8. The average molecular weight is 625 g/mol. The summed E-state index contributed by atoms with van der Waals surface area (Å²) in [7, 11) is -3.29. The van der Waals surface area contributed by atoms with Crippen molar-refractivity contribution >= 4 is 38.9 Å². The van der Waals surface area contributed by atoms with Crippen LogP contribution in [0.2, 0.25) is 10.0 Å². The van der Waals surface area contributed by atoms with Crippen LogP contribution in [0.1, 0.15) is 90.3 Å². The number of amides is 1. The molecule has 9 heteroatoms. The monoisotopic (exact) mass is 623 g/mol. The van der Waals surface area contributed by atoms with E-state index in [9.17, 15) is 13.2 Å². The highest BCUT2D eigenvalue weighted by atomic mass is 35.5. The Balaban J connectivity index is 1.83. The van der Waals surface area contributed by atoms with Crippen LogP contribution in [0, 0.1) is 5.41 Å². The van der Waals surface area contributed by atoms with Gasteiger partial charge in [0.2, 0.25) is 5.91 Å². The van der Waals surface area contributed by atoms with Gasteiger partial charge < -0.3 is 14.4 Å². The fourth-order valence-electron chi connectivity index (χ4n) is 6.41. The molecule has 5 atom stereocenters. The molecular formula is C32H43Cl2NO5S. The van der Waals surface area contributed by atoms with Crippen molar-refractivity contribution in [3.05, 3.63) is 69.7 Å². The first-order chi connectivity index (χ1) is 19.2. The first kappa shape index (κ1) is 32.3. The predicted molar refractivity (Wildman–Crippen MR) is 165 cm³/mol. The zero-order chi connectivity index (χ0) is 30.2. The van der Waals surface area contributed by atoms with Crippen LogP contribution in [0.15, 0.2) is 48.5 Å². The number of carbonyl (C=O) groups is 1. The van der Waals surface area contributed by atoms with Gasteiger partial charge in [0.25, 0.3) is 0 Å². The number of benzene rings is 2. The molecule has 0 radical (unpaired) electrons. The van der Waals surface area contributed by atoms with Crippen LogP contribution in [0.4, 0.5) is 0 Å². The minimum atomic E-state index is -3.29. The summed E-state index contributed by atoms with van der Waals surface area (Å²) in [5.74, 6) is -0.762. The highest BCUT2D eigenvalue weighted by Gasteiger charge is 2.53. The van der Waals surface area contributed by atoms with E-state index in [-0.39, 0.29) is 35.8 Å². The van der Waals surface area contributed by atoms with E-state index in [1.165, 1.54) is 0 Å². The predicted octanol–water partition coefficient (Wildman–Crippen LogP) is 7.59. The van der Waals surface area contributed by atoms with E-state index in [4.69, 9.17) is 32.7 Å². The highest BCUT2D eigenvalue weighted by Crippen LogP contribution is 2.53. The Morgan fingerprint density at radius 1 is 1.02 bits per heavy atom. The molecule has 2 fully saturated rings. The summed E-state index contributed by atoms with van der Waals surface area (Å²) < 4.78 is 37.8. The molecule has 6 nitrogen and oxygen atoms in total. The summed E-state index contributed by atoms with van der Waals surface area (Å²) in [6.07, 6.45) is 1.83. The summed E-state index contributed by atoms with van der Waals surface area (Å²) in [6, 6.07) is 14.9. The molecule has 3 unspecified atom stereocenters. The fraction of sp³-hybridized carbons (Fsp3) is 0.594. The number of ether oxygens (including phenoxy) is 2. The number of hydrogen-bond acceptors (Lipinski definition) is 5. The molecule has 0 bridgehead atoms. The zero-order valence-electron chi connectivity index (χ0n) is 24.9. The SMILES string of the molecule is CC[C@@H](CCS(=O)(=O)C(C)C)N1C(=O)[C@@](C)(CC2COC(C)(C)O2)CC(c2cccc(Cl)c2)C1c1ccc(Cl)cc1. The first-order valence-electron chi connectivity index (χ1n) is 14.5. The molecule has 0 aliphatic carbocycles. The standard InChI is InChI=1S/C32H43Cl2NO5S/c1-7-26(15-16-41(37,38)21(2)3)35-29(22-11-13-24(33)14-12-22)28(23-9-8-10-25(34)17-23)19-32(6,30(35)36)18-27-20-39-31(4,5)40-27/h8-14,17,21,26-29H,7,15-16,18-20H2,1-6H3/t26-,27?,28?,29?,32-/m0/s1. The van der Waals surface area contributed by atoms with Gasteiger partial charge in [0.15, 0.2) is 15.6 Å². The Bertz CT molecular complexity index is 1330. The summed E-state index contributed by atoms with van der Waals surface area (Å²) in [5.41, 5.74) is 1.23. The molecule has 2 aliphatic rings. The first-order valence-corrected chi connectivity index (χ1v) is 17.0. The van der Waals surface area contributed by atoms with Gasteiger partial charge in [-0.1, -0.05) is 61.3 Å². The van der Waals surface area contributed by atoms with Crippen molar-refractivity contribution < 1.29 is 22.7 Å². The topological polar surface area (TPSA) is 72.9 Å².